The summed E-state index contributed by atoms with van der Waals surface area (Å²) in [6.07, 6.45) is 6.56. The van der Waals surface area contributed by atoms with E-state index in [1.165, 1.54) is 32.1 Å². The van der Waals surface area contributed by atoms with Crippen LogP contribution in [0.3, 0.4) is 0 Å². The minimum Gasteiger partial charge on any atom is -0.344 e. The van der Waals surface area contributed by atoms with E-state index >= 15 is 0 Å². The van der Waals surface area contributed by atoms with Gasteiger partial charge in [0.05, 0.1) is 0 Å². The molecule has 0 saturated heterocycles. The molecule has 0 aromatic heterocycles. The highest BCUT2D eigenvalue weighted by atomic mass is 16.2. The van der Waals surface area contributed by atoms with E-state index in [1.807, 2.05) is 37.2 Å². The van der Waals surface area contributed by atoms with Crippen LogP contribution in [0.2, 0.25) is 0 Å². The van der Waals surface area contributed by atoms with Crippen molar-refractivity contribution in [3.8, 4) is 0 Å². The van der Waals surface area contributed by atoms with Crippen molar-refractivity contribution in [1.29, 1.82) is 0 Å². The van der Waals surface area contributed by atoms with Crippen molar-refractivity contribution in [2.45, 2.75) is 45.1 Å². The van der Waals surface area contributed by atoms with Crippen LogP contribution in [0.1, 0.15) is 50.6 Å². The molecule has 0 spiro atoms. The highest BCUT2D eigenvalue weighted by Crippen LogP contribution is 2.26. The zero-order valence-electron chi connectivity index (χ0n) is 14.3. The fraction of sp³-hybridized carbons (Fsp3) is 0.632. The Kier molecular flexibility index (Phi) is 6.44. The maximum absolute atomic E-state index is 13.0. The number of rotatable bonds is 6. The topological polar surface area (TPSA) is 23.6 Å². The molecule has 1 amide bonds. The summed E-state index contributed by atoms with van der Waals surface area (Å²) in [4.78, 5) is 17.1. The van der Waals surface area contributed by atoms with Crippen LogP contribution in [0.5, 0.6) is 0 Å². The highest BCUT2D eigenvalue weighted by molar-refractivity contribution is 5.83. The molecule has 0 N–H and O–H groups in total. The van der Waals surface area contributed by atoms with Crippen molar-refractivity contribution in [1.82, 2.24) is 9.80 Å². The normalized spacial score (nSPS) is 17.5. The Bertz CT molecular complexity index is 454. The van der Waals surface area contributed by atoms with Gasteiger partial charge in [-0.2, -0.15) is 0 Å². The predicted molar refractivity (Wildman–Crippen MR) is 91.7 cm³/mol. The first-order chi connectivity index (χ1) is 10.6. The molecule has 0 bridgehead atoms. The van der Waals surface area contributed by atoms with Gasteiger partial charge >= 0.3 is 0 Å². The second-order valence-electron chi connectivity index (χ2n) is 6.61. The number of hydrogen-bond acceptors (Lipinski definition) is 2. The minimum atomic E-state index is -0.167. The van der Waals surface area contributed by atoms with Crippen molar-refractivity contribution < 1.29 is 4.79 Å². The third-order valence-electron chi connectivity index (χ3n) is 4.92. The lowest BCUT2D eigenvalue weighted by atomic mass is 9.89. The van der Waals surface area contributed by atoms with Gasteiger partial charge in [0.15, 0.2) is 0 Å². The molecule has 122 valence electrons. The van der Waals surface area contributed by atoms with E-state index in [9.17, 15) is 4.79 Å². The van der Waals surface area contributed by atoms with E-state index in [1.54, 1.807) is 0 Å². The maximum atomic E-state index is 13.0. The van der Waals surface area contributed by atoms with E-state index < -0.39 is 0 Å². The van der Waals surface area contributed by atoms with Gasteiger partial charge in [-0.1, -0.05) is 56.5 Å². The van der Waals surface area contributed by atoms with E-state index in [0.717, 1.165) is 18.7 Å². The van der Waals surface area contributed by atoms with Gasteiger partial charge in [-0.3, -0.25) is 9.69 Å². The Labute approximate surface area is 135 Å². The Balaban J connectivity index is 2.07. The number of amides is 1. The summed E-state index contributed by atoms with van der Waals surface area (Å²) < 4.78 is 0. The number of likely N-dealkylation sites (N-methyl/N-ethyl adjacent to an activating group) is 2. The Morgan fingerprint density at radius 1 is 1.14 bits per heavy atom. The third kappa shape index (κ3) is 4.33. The monoisotopic (exact) mass is 302 g/mol. The van der Waals surface area contributed by atoms with Crippen molar-refractivity contribution in [2.24, 2.45) is 5.92 Å². The van der Waals surface area contributed by atoms with Gasteiger partial charge in [0, 0.05) is 13.6 Å². The fourth-order valence-electron chi connectivity index (χ4n) is 3.46. The molecule has 0 aliphatic heterocycles. The van der Waals surface area contributed by atoms with Gasteiger partial charge in [0.2, 0.25) is 5.91 Å². The summed E-state index contributed by atoms with van der Waals surface area (Å²) in [5, 5.41) is 0. The number of benzene rings is 1. The van der Waals surface area contributed by atoms with E-state index in [4.69, 9.17) is 0 Å². The lowest BCUT2D eigenvalue weighted by Gasteiger charge is -2.33. The summed E-state index contributed by atoms with van der Waals surface area (Å²) in [5.41, 5.74) is 1.09. The Hall–Kier alpha value is -1.35. The largest absolute Gasteiger partial charge is 0.344 e. The van der Waals surface area contributed by atoms with Crippen LogP contribution in [-0.2, 0) is 4.79 Å². The molecule has 1 aliphatic carbocycles. The Morgan fingerprint density at radius 3 is 2.36 bits per heavy atom. The lowest BCUT2D eigenvalue weighted by Crippen LogP contribution is -2.41. The summed E-state index contributed by atoms with van der Waals surface area (Å²) in [6.45, 7) is 3.87. The van der Waals surface area contributed by atoms with Gasteiger partial charge in [-0.25, -0.2) is 0 Å². The van der Waals surface area contributed by atoms with E-state index in [0.29, 0.717) is 5.92 Å². The molecular formula is C19H30N2O. The number of hydrogen-bond donors (Lipinski definition) is 0. The van der Waals surface area contributed by atoms with Crippen LogP contribution in [-0.4, -0.2) is 42.9 Å². The van der Waals surface area contributed by atoms with Crippen LogP contribution in [0.4, 0.5) is 0 Å². The first kappa shape index (κ1) is 17.0. The molecule has 2 rings (SSSR count). The second-order valence-corrected chi connectivity index (χ2v) is 6.61. The first-order valence-electron chi connectivity index (χ1n) is 8.63. The molecule has 1 atom stereocenters. The molecule has 1 aromatic rings. The van der Waals surface area contributed by atoms with Gasteiger partial charge in [0.25, 0.3) is 0 Å². The maximum Gasteiger partial charge on any atom is 0.244 e. The van der Waals surface area contributed by atoms with Crippen molar-refractivity contribution in [3.63, 3.8) is 0 Å². The number of nitrogens with zero attached hydrogens (tertiary/aromatic N) is 2. The third-order valence-corrected chi connectivity index (χ3v) is 4.92. The van der Waals surface area contributed by atoms with Crippen LogP contribution < -0.4 is 0 Å². The second kappa shape index (κ2) is 8.33. The lowest BCUT2D eigenvalue weighted by molar-refractivity contribution is -0.136. The molecule has 1 saturated carbocycles. The van der Waals surface area contributed by atoms with Gasteiger partial charge in [-0.05, 0) is 37.9 Å². The summed E-state index contributed by atoms with van der Waals surface area (Å²) >= 11 is 0. The first-order valence-corrected chi connectivity index (χ1v) is 8.63. The molecule has 3 heteroatoms. The average molecular weight is 302 g/mol. The van der Waals surface area contributed by atoms with Crippen LogP contribution in [0.15, 0.2) is 30.3 Å². The van der Waals surface area contributed by atoms with E-state index in [2.05, 4.69) is 24.0 Å². The quantitative estimate of drug-likeness (QED) is 0.799. The van der Waals surface area contributed by atoms with Crippen LogP contribution in [0, 0.1) is 5.92 Å². The molecule has 1 unspecified atom stereocenters. The molecule has 1 aromatic carbocycles. The molecule has 22 heavy (non-hydrogen) atoms. The van der Waals surface area contributed by atoms with Crippen LogP contribution >= 0.6 is 0 Å². The molecule has 3 nitrogen and oxygen atoms in total. The van der Waals surface area contributed by atoms with Gasteiger partial charge in [-0.15, -0.1) is 0 Å². The van der Waals surface area contributed by atoms with Gasteiger partial charge in [0.1, 0.15) is 6.04 Å². The van der Waals surface area contributed by atoms with Crippen LogP contribution in [0.25, 0.3) is 0 Å². The molecule has 1 aliphatic rings. The minimum absolute atomic E-state index is 0.167. The molecular weight excluding hydrogens is 272 g/mol. The van der Waals surface area contributed by atoms with Gasteiger partial charge < -0.3 is 4.90 Å². The SMILES string of the molecule is CCN(C)C(C(=O)N(C)CC1CCCCC1)c1ccccc1. The Morgan fingerprint density at radius 2 is 1.77 bits per heavy atom. The molecule has 0 radical (unpaired) electrons. The molecule has 1 fully saturated rings. The van der Waals surface area contributed by atoms with Crippen molar-refractivity contribution >= 4 is 5.91 Å². The number of carbonyl (C=O) groups excluding carboxylic acids is 1. The molecule has 0 heterocycles. The number of carbonyl (C=O) groups is 1. The van der Waals surface area contributed by atoms with Crippen molar-refractivity contribution in [2.75, 3.05) is 27.2 Å². The smallest absolute Gasteiger partial charge is 0.244 e. The zero-order chi connectivity index (χ0) is 15.9. The summed E-state index contributed by atoms with van der Waals surface area (Å²) in [5.74, 6) is 0.909. The standard InChI is InChI=1S/C19H30N2O/c1-4-20(2)18(17-13-9-6-10-14-17)19(22)21(3)15-16-11-7-5-8-12-16/h6,9-10,13-14,16,18H,4-5,7-8,11-12,15H2,1-3H3. The van der Waals surface area contributed by atoms with E-state index in [-0.39, 0.29) is 11.9 Å². The fourth-order valence-corrected chi connectivity index (χ4v) is 3.46. The van der Waals surface area contributed by atoms with Crippen molar-refractivity contribution in [3.05, 3.63) is 35.9 Å². The average Bonchev–Trinajstić information content (AvgIpc) is 2.56. The summed E-state index contributed by atoms with van der Waals surface area (Å²) in [7, 11) is 4.00. The zero-order valence-corrected chi connectivity index (χ0v) is 14.3. The summed E-state index contributed by atoms with van der Waals surface area (Å²) in [6, 6.07) is 9.98. The predicted octanol–water partition coefficient (Wildman–Crippen LogP) is 3.72. The highest BCUT2D eigenvalue weighted by Gasteiger charge is 2.28.